The Bertz CT molecular complexity index is 1380. The van der Waals surface area contributed by atoms with E-state index < -0.39 is 65.8 Å². The summed E-state index contributed by atoms with van der Waals surface area (Å²) < 4.78 is 6.59. The predicted molar refractivity (Wildman–Crippen MR) is 164 cm³/mol. The Kier molecular flexibility index (Phi) is 13.0. The topological polar surface area (TPSA) is 277 Å². The average Bonchev–Trinajstić information content (AvgIpc) is 3.70. The Morgan fingerprint density at radius 1 is 1.13 bits per heavy atom. The van der Waals surface area contributed by atoms with Gasteiger partial charge in [-0.15, -0.1) is 5.10 Å². The summed E-state index contributed by atoms with van der Waals surface area (Å²) in [7, 11) is 0. The highest BCUT2D eigenvalue weighted by atomic mass is 16.5. The van der Waals surface area contributed by atoms with E-state index in [4.69, 9.17) is 21.3 Å². The molecule has 18 heteroatoms. The molecule has 258 valence electrons. The maximum Gasteiger partial charge on any atom is 0.407 e. The number of nitrogens with one attached hydrogen (secondary N) is 3. The van der Waals surface area contributed by atoms with Gasteiger partial charge >= 0.3 is 12.2 Å². The Labute approximate surface area is 270 Å². The van der Waals surface area contributed by atoms with Crippen LogP contribution in [0.5, 0.6) is 0 Å². The van der Waals surface area contributed by atoms with Gasteiger partial charge in [0.05, 0.1) is 24.0 Å². The number of carboxylic acid groups (broad SMARTS) is 1. The number of nitrogens with zero attached hydrogens (tertiary/aromatic N) is 4. The van der Waals surface area contributed by atoms with Crippen molar-refractivity contribution in [3.8, 4) is 0 Å². The number of carbonyl (C=O) groups is 5. The third kappa shape index (κ3) is 10.6. The summed E-state index contributed by atoms with van der Waals surface area (Å²) in [5.74, 6) is -2.49. The van der Waals surface area contributed by atoms with E-state index in [2.05, 4.69) is 26.3 Å². The second-order valence-electron chi connectivity index (χ2n) is 11.8. The first-order valence-electron chi connectivity index (χ1n) is 15.1. The number of alkyl carbamates (subject to hydrolysis) is 1. The van der Waals surface area contributed by atoms with E-state index in [1.54, 1.807) is 24.3 Å². The van der Waals surface area contributed by atoms with E-state index in [0.29, 0.717) is 18.5 Å². The Morgan fingerprint density at radius 3 is 2.47 bits per heavy atom. The fourth-order valence-electron chi connectivity index (χ4n) is 5.17. The van der Waals surface area contributed by atoms with Crippen LogP contribution < -0.4 is 27.4 Å². The molecule has 0 radical (unpaired) electrons. The van der Waals surface area contributed by atoms with Gasteiger partial charge in [0.2, 0.25) is 17.7 Å². The van der Waals surface area contributed by atoms with Crippen LogP contribution in [0.25, 0.3) is 0 Å². The monoisotopic (exact) mass is 661 g/mol. The molecular weight excluding hydrogens is 618 g/mol. The highest BCUT2D eigenvalue weighted by molar-refractivity contribution is 5.91. The van der Waals surface area contributed by atoms with Crippen LogP contribution in [0, 0.1) is 0 Å². The molecule has 1 fully saturated rings. The molecule has 1 aromatic carbocycles. The minimum atomic E-state index is -1.77. The van der Waals surface area contributed by atoms with Gasteiger partial charge in [-0.25, -0.2) is 14.3 Å². The van der Waals surface area contributed by atoms with Gasteiger partial charge in [-0.3, -0.25) is 14.4 Å². The maximum atomic E-state index is 13.7. The largest absolute Gasteiger partial charge is 0.465 e. The molecule has 1 aromatic heterocycles. The summed E-state index contributed by atoms with van der Waals surface area (Å²) in [5.41, 5.74) is 11.2. The van der Waals surface area contributed by atoms with Crippen molar-refractivity contribution in [3.63, 3.8) is 0 Å². The van der Waals surface area contributed by atoms with Crippen molar-refractivity contribution in [1.82, 2.24) is 35.8 Å². The molecule has 0 saturated carbocycles. The lowest BCUT2D eigenvalue weighted by Gasteiger charge is -2.29. The summed E-state index contributed by atoms with van der Waals surface area (Å²) in [5, 5.41) is 45.1. The number of carbonyl (C=O) groups excluding carboxylic acids is 4. The highest BCUT2D eigenvalue weighted by Gasteiger charge is 2.44. The summed E-state index contributed by atoms with van der Waals surface area (Å²) in [6, 6.07) is 4.74. The number of unbranched alkanes of at least 4 members (excludes halogenated alkanes) is 1. The van der Waals surface area contributed by atoms with Crippen molar-refractivity contribution in [2.24, 2.45) is 11.5 Å². The van der Waals surface area contributed by atoms with Gasteiger partial charge in [0, 0.05) is 26.1 Å². The number of likely N-dealkylation sites (tertiary alicyclic amines) is 1. The second-order valence-corrected chi connectivity index (χ2v) is 11.8. The van der Waals surface area contributed by atoms with Crippen LogP contribution in [0.4, 0.5) is 9.59 Å². The lowest BCUT2D eigenvalue weighted by Crippen LogP contribution is -2.57. The highest BCUT2D eigenvalue weighted by Crippen LogP contribution is 2.31. The SMILES string of the molecule is CC(C)(O)c1cnnn1[C@H]1C[C@@H](C(=O)NC(CCCCNC(=O)O)C(O)C(N)=O)N(C(=O)[C@H](N)CNC(=O)OCc2ccccc2)C1. The number of aliphatic hydroxyl groups excluding tert-OH is 1. The standard InChI is InChI=1S/C29H43N9O9/c1-29(2,46)22-14-34-36-38(22)18-12-21(25(41)35-20(23(39)24(31)40)10-6-7-11-32-27(43)44)37(15-18)26(42)19(30)13-33-28(45)47-16-17-8-4-3-5-9-17/h3-5,8-9,14,18-21,23,32,39,46H,6-7,10-13,15-16,30H2,1-2H3,(H2,31,40)(H,33,45)(H,35,41)(H,43,44)/t18-,19+,20?,21-,23?/m0/s1. The molecule has 0 aliphatic carbocycles. The summed E-state index contributed by atoms with van der Waals surface area (Å²) in [6.07, 6.45) is -1.66. The van der Waals surface area contributed by atoms with E-state index in [9.17, 15) is 34.2 Å². The summed E-state index contributed by atoms with van der Waals surface area (Å²) in [6.45, 7) is 2.80. The molecule has 3 rings (SSSR count). The van der Waals surface area contributed by atoms with E-state index in [1.807, 2.05) is 6.07 Å². The molecule has 1 aliphatic heterocycles. The lowest BCUT2D eigenvalue weighted by atomic mass is 10.0. The molecule has 47 heavy (non-hydrogen) atoms. The number of amides is 5. The van der Waals surface area contributed by atoms with Crippen LogP contribution in [0.15, 0.2) is 36.5 Å². The van der Waals surface area contributed by atoms with Crippen LogP contribution in [-0.4, -0.2) is 109 Å². The minimum absolute atomic E-state index is 0.00173. The Hall–Kier alpha value is -4.81. The molecule has 1 saturated heterocycles. The third-order valence-corrected chi connectivity index (χ3v) is 7.63. The number of benzene rings is 1. The molecule has 18 nitrogen and oxygen atoms in total. The minimum Gasteiger partial charge on any atom is -0.465 e. The first kappa shape index (κ1) is 36.7. The molecule has 10 N–H and O–H groups in total. The van der Waals surface area contributed by atoms with Crippen molar-refractivity contribution in [2.75, 3.05) is 19.6 Å². The number of primary amides is 1. The van der Waals surface area contributed by atoms with E-state index in [1.165, 1.54) is 29.6 Å². The third-order valence-electron chi connectivity index (χ3n) is 7.63. The van der Waals surface area contributed by atoms with Crippen molar-refractivity contribution >= 4 is 29.9 Å². The van der Waals surface area contributed by atoms with Gasteiger partial charge < -0.3 is 52.4 Å². The maximum absolute atomic E-state index is 13.7. The number of rotatable bonds is 16. The van der Waals surface area contributed by atoms with Crippen molar-refractivity contribution in [3.05, 3.63) is 47.8 Å². The van der Waals surface area contributed by atoms with Crippen LogP contribution >= 0.6 is 0 Å². The van der Waals surface area contributed by atoms with Gasteiger partial charge in [-0.05, 0) is 38.7 Å². The zero-order valence-electron chi connectivity index (χ0n) is 26.2. The molecule has 2 heterocycles. The zero-order valence-corrected chi connectivity index (χ0v) is 26.2. The summed E-state index contributed by atoms with van der Waals surface area (Å²) >= 11 is 0. The Morgan fingerprint density at radius 2 is 1.83 bits per heavy atom. The molecule has 5 amide bonds. The van der Waals surface area contributed by atoms with Gasteiger partial charge in [-0.2, -0.15) is 0 Å². The van der Waals surface area contributed by atoms with Gasteiger partial charge in [0.1, 0.15) is 24.3 Å². The van der Waals surface area contributed by atoms with Crippen molar-refractivity contribution in [1.29, 1.82) is 0 Å². The number of hydrogen-bond donors (Lipinski definition) is 8. The molecular formula is C29H43N9O9. The summed E-state index contributed by atoms with van der Waals surface area (Å²) in [4.78, 5) is 63.3. The number of aliphatic hydroxyl groups is 2. The fraction of sp³-hybridized carbons (Fsp3) is 0.552. The van der Waals surface area contributed by atoms with E-state index >= 15 is 0 Å². The lowest BCUT2D eigenvalue weighted by molar-refractivity contribution is -0.140. The number of nitrogens with two attached hydrogens (primary N) is 2. The van der Waals surface area contributed by atoms with Crippen LogP contribution in [-0.2, 0) is 31.3 Å². The normalized spacial score (nSPS) is 18.1. The Balaban J connectivity index is 1.74. The quantitative estimate of drug-likeness (QED) is 0.0972. The first-order valence-corrected chi connectivity index (χ1v) is 15.1. The zero-order chi connectivity index (χ0) is 34.7. The van der Waals surface area contributed by atoms with Gasteiger partial charge in [0.15, 0.2) is 6.10 Å². The van der Waals surface area contributed by atoms with E-state index in [-0.39, 0.29) is 39.1 Å². The smallest absolute Gasteiger partial charge is 0.407 e. The number of ether oxygens (including phenoxy) is 1. The molecule has 2 aromatic rings. The number of hydrogen-bond acceptors (Lipinski definition) is 11. The second kappa shape index (κ2) is 16.7. The van der Waals surface area contributed by atoms with Crippen LogP contribution in [0.3, 0.4) is 0 Å². The molecule has 2 unspecified atom stereocenters. The molecule has 1 aliphatic rings. The van der Waals surface area contributed by atoms with Crippen molar-refractivity contribution < 1.29 is 44.0 Å². The molecule has 0 spiro atoms. The number of aromatic nitrogens is 3. The van der Waals surface area contributed by atoms with E-state index in [0.717, 1.165) is 5.56 Å². The molecule has 5 atom stereocenters. The predicted octanol–water partition coefficient (Wildman–Crippen LogP) is -1.33. The van der Waals surface area contributed by atoms with Gasteiger partial charge in [0.25, 0.3) is 0 Å². The van der Waals surface area contributed by atoms with Gasteiger partial charge in [-0.1, -0.05) is 35.5 Å². The van der Waals surface area contributed by atoms with Crippen LogP contribution in [0.2, 0.25) is 0 Å². The molecule has 0 bridgehead atoms. The first-order chi connectivity index (χ1) is 22.2. The average molecular weight is 662 g/mol. The fourth-order valence-corrected chi connectivity index (χ4v) is 5.17. The van der Waals surface area contributed by atoms with Crippen molar-refractivity contribution in [2.45, 2.75) is 82.0 Å². The van der Waals surface area contributed by atoms with Crippen LogP contribution in [0.1, 0.15) is 56.8 Å².